The average Bonchev–Trinajstić information content (AvgIpc) is 3.37. The van der Waals surface area contributed by atoms with Crippen molar-refractivity contribution >= 4 is 28.5 Å². The Morgan fingerprint density at radius 3 is 2.48 bits per heavy atom. The lowest BCUT2D eigenvalue weighted by atomic mass is 9.58. The first-order chi connectivity index (χ1) is 21.1. The first kappa shape index (κ1) is 29.1. The van der Waals surface area contributed by atoms with Crippen molar-refractivity contribution in [3.8, 4) is 17.5 Å². The van der Waals surface area contributed by atoms with Crippen LogP contribution in [0, 0.1) is 22.2 Å². The number of aromatic carboxylic acids is 1. The van der Waals surface area contributed by atoms with Crippen LogP contribution in [0.15, 0.2) is 84.5 Å². The summed E-state index contributed by atoms with van der Waals surface area (Å²) in [6, 6.07) is 22.6. The molecule has 1 amide bonds. The smallest absolute Gasteiger partial charge is 0.335 e. The number of carboxylic acid groups (broad SMARTS) is 1. The van der Waals surface area contributed by atoms with Crippen LogP contribution in [0.2, 0.25) is 0 Å². The maximum Gasteiger partial charge on any atom is 0.335 e. The number of allylic oxidation sites excluding steroid dienone is 2. The van der Waals surface area contributed by atoms with Crippen molar-refractivity contribution in [2.45, 2.75) is 47.1 Å². The zero-order chi connectivity index (χ0) is 31.2. The molecule has 1 aliphatic heterocycles. The van der Waals surface area contributed by atoms with Crippen molar-refractivity contribution in [1.82, 2.24) is 14.5 Å². The van der Waals surface area contributed by atoms with Crippen molar-refractivity contribution in [2.75, 3.05) is 13.1 Å². The van der Waals surface area contributed by atoms with Gasteiger partial charge in [-0.3, -0.25) is 4.79 Å². The number of amides is 1. The van der Waals surface area contributed by atoms with E-state index in [0.717, 1.165) is 47.4 Å². The Morgan fingerprint density at radius 2 is 1.77 bits per heavy atom. The molecule has 0 spiro atoms. The van der Waals surface area contributed by atoms with Gasteiger partial charge in [0.05, 0.1) is 33.8 Å². The Hall–Kier alpha value is -4.96. The van der Waals surface area contributed by atoms with E-state index in [-0.39, 0.29) is 22.3 Å². The molecule has 1 aliphatic carbocycles. The molecule has 0 unspecified atom stereocenters. The van der Waals surface area contributed by atoms with Crippen molar-refractivity contribution < 1.29 is 14.7 Å². The van der Waals surface area contributed by atoms with Gasteiger partial charge < -0.3 is 14.6 Å². The second kappa shape index (κ2) is 10.9. The van der Waals surface area contributed by atoms with Crippen molar-refractivity contribution in [3.05, 3.63) is 107 Å². The molecule has 3 aromatic carbocycles. The standard InChI is InChI=1S/C37H36N4O3/c1-5-19-41-31-15-10-24(22-38)21-30(31)39-33(41)27-8-6-7-9-28(27)34(42)40-20-17-32-36(2,3)29(16-18-37(32,4)23-40)25-11-13-26(14-12-25)35(43)44/h6-17,21H,5,18-20,23H2,1-4H3,(H,43,44)/t37-/m1/s1. The van der Waals surface area contributed by atoms with E-state index in [0.29, 0.717) is 24.2 Å². The highest BCUT2D eigenvalue weighted by atomic mass is 16.4. The number of benzene rings is 3. The monoisotopic (exact) mass is 584 g/mol. The van der Waals surface area contributed by atoms with E-state index in [1.54, 1.807) is 18.2 Å². The Morgan fingerprint density at radius 1 is 1.02 bits per heavy atom. The quantitative estimate of drug-likeness (QED) is 0.236. The number of imidazole rings is 1. The number of carboxylic acids is 1. The van der Waals surface area contributed by atoms with E-state index in [4.69, 9.17) is 4.98 Å². The maximum atomic E-state index is 14.3. The van der Waals surface area contributed by atoms with Crippen molar-refractivity contribution in [1.29, 1.82) is 5.26 Å². The lowest BCUT2D eigenvalue weighted by molar-refractivity contribution is 0.0679. The lowest BCUT2D eigenvalue weighted by Crippen LogP contribution is -2.48. The number of aryl methyl sites for hydroxylation is 1. The van der Waals surface area contributed by atoms with E-state index >= 15 is 0 Å². The molecular weight excluding hydrogens is 548 g/mol. The van der Waals surface area contributed by atoms with E-state index in [9.17, 15) is 20.0 Å². The summed E-state index contributed by atoms with van der Waals surface area (Å²) in [5, 5.41) is 18.8. The number of hydrogen-bond acceptors (Lipinski definition) is 4. The number of fused-ring (bicyclic) bond motifs is 2. The summed E-state index contributed by atoms with van der Waals surface area (Å²) in [6.07, 6.45) is 6.16. The number of carbonyl (C=O) groups excluding carboxylic acids is 1. The summed E-state index contributed by atoms with van der Waals surface area (Å²) in [7, 11) is 0. The summed E-state index contributed by atoms with van der Waals surface area (Å²) < 4.78 is 2.15. The number of aromatic nitrogens is 2. The molecule has 2 heterocycles. The minimum atomic E-state index is -0.932. The topological polar surface area (TPSA) is 99.2 Å². The van der Waals surface area contributed by atoms with Gasteiger partial charge in [0.15, 0.2) is 0 Å². The Labute approximate surface area is 257 Å². The third-order valence-corrected chi connectivity index (χ3v) is 9.26. The Kier molecular flexibility index (Phi) is 7.25. The predicted octanol–water partition coefficient (Wildman–Crippen LogP) is 7.59. The number of nitrogens with zero attached hydrogens (tertiary/aromatic N) is 4. The average molecular weight is 585 g/mol. The molecule has 2 aliphatic rings. The summed E-state index contributed by atoms with van der Waals surface area (Å²) in [6.45, 7) is 10.6. The van der Waals surface area contributed by atoms with Gasteiger partial charge in [0.2, 0.25) is 0 Å². The van der Waals surface area contributed by atoms with Gasteiger partial charge in [-0.15, -0.1) is 0 Å². The van der Waals surface area contributed by atoms with E-state index in [1.165, 1.54) is 11.1 Å². The second-order valence-corrected chi connectivity index (χ2v) is 12.6. The molecule has 7 heteroatoms. The van der Waals surface area contributed by atoms with Crippen LogP contribution < -0.4 is 0 Å². The van der Waals surface area contributed by atoms with Gasteiger partial charge in [0, 0.05) is 36.0 Å². The highest BCUT2D eigenvalue weighted by molar-refractivity contribution is 6.01. The number of carbonyl (C=O) groups is 2. The SMILES string of the molecule is CCCn1c(-c2ccccc2C(=O)N2CC=C3C(C)(C)C(c4ccc(C(=O)O)cc4)=CC[C@]3(C)C2)nc2cc(C#N)ccc21. The van der Waals surface area contributed by atoms with Gasteiger partial charge in [-0.05, 0) is 60.4 Å². The summed E-state index contributed by atoms with van der Waals surface area (Å²) in [5.41, 5.74) is 6.92. The van der Waals surface area contributed by atoms with Gasteiger partial charge in [-0.2, -0.15) is 5.26 Å². The fraction of sp³-hybridized carbons (Fsp3) is 0.297. The molecule has 0 saturated heterocycles. The van der Waals surface area contributed by atoms with Crippen molar-refractivity contribution in [3.63, 3.8) is 0 Å². The predicted molar refractivity (Wildman–Crippen MR) is 172 cm³/mol. The number of rotatable bonds is 6. The minimum Gasteiger partial charge on any atom is -0.478 e. The lowest BCUT2D eigenvalue weighted by Gasteiger charge is -2.50. The molecule has 222 valence electrons. The van der Waals surface area contributed by atoms with Crippen LogP contribution in [0.5, 0.6) is 0 Å². The third-order valence-electron chi connectivity index (χ3n) is 9.26. The Balaban J connectivity index is 1.33. The first-order valence-corrected chi connectivity index (χ1v) is 15.1. The highest BCUT2D eigenvalue weighted by Crippen LogP contribution is 2.55. The molecular formula is C37H36N4O3. The largest absolute Gasteiger partial charge is 0.478 e. The van der Waals surface area contributed by atoms with Crippen LogP contribution in [-0.4, -0.2) is 44.5 Å². The van der Waals surface area contributed by atoms with Gasteiger partial charge in [0.1, 0.15) is 5.82 Å². The van der Waals surface area contributed by atoms with Gasteiger partial charge >= 0.3 is 5.97 Å². The van der Waals surface area contributed by atoms with Gasteiger partial charge in [0.25, 0.3) is 5.91 Å². The van der Waals surface area contributed by atoms with Crippen LogP contribution in [0.1, 0.15) is 72.4 Å². The van der Waals surface area contributed by atoms with Gasteiger partial charge in [-0.25, -0.2) is 9.78 Å². The molecule has 0 radical (unpaired) electrons. The fourth-order valence-electron chi connectivity index (χ4n) is 7.25. The minimum absolute atomic E-state index is 0.0261. The molecule has 0 fully saturated rings. The molecule has 1 N–H and O–H groups in total. The van der Waals surface area contributed by atoms with Crippen LogP contribution in [0.4, 0.5) is 0 Å². The molecule has 6 rings (SSSR count). The molecule has 44 heavy (non-hydrogen) atoms. The second-order valence-electron chi connectivity index (χ2n) is 12.6. The van der Waals surface area contributed by atoms with Crippen LogP contribution in [0.3, 0.4) is 0 Å². The summed E-state index contributed by atoms with van der Waals surface area (Å²) >= 11 is 0. The molecule has 4 aromatic rings. The van der Waals surface area contributed by atoms with E-state index < -0.39 is 5.97 Å². The molecule has 1 atom stereocenters. The zero-order valence-corrected chi connectivity index (χ0v) is 25.6. The number of hydrogen-bond donors (Lipinski definition) is 1. The summed E-state index contributed by atoms with van der Waals surface area (Å²) in [5.74, 6) is -0.222. The molecule has 1 aromatic heterocycles. The molecule has 0 bridgehead atoms. The zero-order valence-electron chi connectivity index (χ0n) is 25.6. The molecule has 7 nitrogen and oxygen atoms in total. The third kappa shape index (κ3) is 4.81. The van der Waals surface area contributed by atoms with Crippen LogP contribution in [0.25, 0.3) is 28.0 Å². The maximum absolute atomic E-state index is 14.3. The normalized spacial score (nSPS) is 19.1. The van der Waals surface area contributed by atoms with Crippen LogP contribution in [-0.2, 0) is 6.54 Å². The fourth-order valence-corrected chi connectivity index (χ4v) is 7.25. The first-order valence-electron chi connectivity index (χ1n) is 15.1. The van der Waals surface area contributed by atoms with Gasteiger partial charge in [-0.1, -0.05) is 75.8 Å². The number of nitriles is 1. The summed E-state index contributed by atoms with van der Waals surface area (Å²) in [4.78, 5) is 32.5. The van der Waals surface area contributed by atoms with E-state index in [1.807, 2.05) is 53.4 Å². The highest BCUT2D eigenvalue weighted by Gasteiger charge is 2.46. The van der Waals surface area contributed by atoms with E-state index in [2.05, 4.69) is 50.5 Å². The Bertz CT molecular complexity index is 1910. The molecule has 0 saturated carbocycles. The van der Waals surface area contributed by atoms with Crippen molar-refractivity contribution in [2.24, 2.45) is 10.8 Å². The van der Waals surface area contributed by atoms with Crippen LogP contribution >= 0.6 is 0 Å².